The molecule has 4 nitrogen and oxygen atoms in total. The van der Waals surface area contributed by atoms with Gasteiger partial charge in [-0.15, -0.1) is 0 Å². The van der Waals surface area contributed by atoms with Gasteiger partial charge in [-0.3, -0.25) is 9.69 Å². The van der Waals surface area contributed by atoms with Crippen LogP contribution in [0.15, 0.2) is 91.0 Å². The Balaban J connectivity index is 1.47. The van der Waals surface area contributed by atoms with Crippen molar-refractivity contribution < 1.29 is 9.53 Å². The third-order valence-corrected chi connectivity index (χ3v) is 6.72. The lowest BCUT2D eigenvalue weighted by Gasteiger charge is -2.37. The van der Waals surface area contributed by atoms with E-state index in [1.807, 2.05) is 30.3 Å². The first-order chi connectivity index (χ1) is 16.8. The van der Waals surface area contributed by atoms with Crippen molar-refractivity contribution >= 4 is 5.91 Å². The third-order valence-electron chi connectivity index (χ3n) is 6.72. The first-order valence-corrected chi connectivity index (χ1v) is 12.5. The first-order valence-electron chi connectivity index (χ1n) is 12.5. The second-order valence-electron chi connectivity index (χ2n) is 9.12. The molecule has 1 aliphatic rings. The van der Waals surface area contributed by atoms with Crippen molar-refractivity contribution in [1.82, 2.24) is 10.2 Å². The summed E-state index contributed by atoms with van der Waals surface area (Å²) in [6.45, 7) is 3.48. The maximum absolute atomic E-state index is 13.1. The first kappa shape index (κ1) is 24.2. The van der Waals surface area contributed by atoms with Crippen molar-refractivity contribution in [3.63, 3.8) is 0 Å². The predicted molar refractivity (Wildman–Crippen MR) is 138 cm³/mol. The normalized spacial score (nSPS) is 16.0. The van der Waals surface area contributed by atoms with Crippen LogP contribution in [0, 0.1) is 0 Å². The molecule has 0 spiro atoms. The number of nitrogens with one attached hydrogen (secondary N) is 1. The van der Waals surface area contributed by atoms with Gasteiger partial charge in [0.2, 0.25) is 0 Å². The van der Waals surface area contributed by atoms with Crippen LogP contribution in [0.4, 0.5) is 0 Å². The maximum atomic E-state index is 13.1. The zero-order valence-corrected chi connectivity index (χ0v) is 19.9. The molecule has 0 aliphatic carbocycles. The topological polar surface area (TPSA) is 41.6 Å². The number of benzene rings is 3. The van der Waals surface area contributed by atoms with E-state index in [-0.39, 0.29) is 11.9 Å². The Labute approximate surface area is 204 Å². The Morgan fingerprint density at radius 2 is 1.29 bits per heavy atom. The van der Waals surface area contributed by atoms with Crippen LogP contribution in [0.25, 0.3) is 0 Å². The highest BCUT2D eigenvalue weighted by Crippen LogP contribution is 2.20. The average molecular weight is 457 g/mol. The summed E-state index contributed by atoms with van der Waals surface area (Å²) in [5, 5.41) is 3.37. The van der Waals surface area contributed by atoms with Gasteiger partial charge in [0, 0.05) is 30.7 Å². The van der Waals surface area contributed by atoms with E-state index in [2.05, 4.69) is 70.9 Å². The molecule has 34 heavy (non-hydrogen) atoms. The van der Waals surface area contributed by atoms with Crippen LogP contribution in [0.2, 0.25) is 0 Å². The fraction of sp³-hybridized carbons (Fsp3) is 0.367. The van der Waals surface area contributed by atoms with Crippen LogP contribution < -0.4 is 5.32 Å². The molecule has 3 aromatic carbocycles. The van der Waals surface area contributed by atoms with Gasteiger partial charge < -0.3 is 10.1 Å². The summed E-state index contributed by atoms with van der Waals surface area (Å²) in [4.78, 5) is 15.6. The molecule has 4 rings (SSSR count). The summed E-state index contributed by atoms with van der Waals surface area (Å²) in [7, 11) is 0. The fourth-order valence-electron chi connectivity index (χ4n) is 4.79. The van der Waals surface area contributed by atoms with Gasteiger partial charge in [-0.2, -0.15) is 0 Å². The van der Waals surface area contributed by atoms with Crippen molar-refractivity contribution in [2.75, 3.05) is 26.3 Å². The van der Waals surface area contributed by atoms with Gasteiger partial charge >= 0.3 is 0 Å². The number of nitrogens with zero attached hydrogens (tertiary/aromatic N) is 1. The highest BCUT2D eigenvalue weighted by molar-refractivity contribution is 5.94. The van der Waals surface area contributed by atoms with Crippen molar-refractivity contribution in [2.45, 2.75) is 44.2 Å². The molecule has 3 aromatic rings. The molecular formula is C30H36N2O2. The molecule has 0 aromatic heterocycles. The molecule has 1 amide bonds. The number of rotatable bonds is 11. The molecule has 0 bridgehead atoms. The summed E-state index contributed by atoms with van der Waals surface area (Å²) < 4.78 is 5.63. The minimum atomic E-state index is 0.0162. The quantitative estimate of drug-likeness (QED) is 0.434. The SMILES string of the molecule is O=C(N[C@H](CCc1ccccc1)C[C@H](CCc1ccccc1)N1CCOCC1)c1ccccc1. The predicted octanol–water partition coefficient (Wildman–Crippen LogP) is 5.14. The zero-order valence-electron chi connectivity index (χ0n) is 19.9. The second kappa shape index (κ2) is 13.1. The van der Waals surface area contributed by atoms with E-state index in [1.165, 1.54) is 11.1 Å². The van der Waals surface area contributed by atoms with E-state index in [0.29, 0.717) is 6.04 Å². The Hall–Kier alpha value is -2.95. The Morgan fingerprint density at radius 1 is 0.765 bits per heavy atom. The molecule has 1 aliphatic heterocycles. The summed E-state index contributed by atoms with van der Waals surface area (Å²) in [6, 6.07) is 31.4. The van der Waals surface area contributed by atoms with Gasteiger partial charge in [0.15, 0.2) is 0 Å². The number of morpholine rings is 1. The van der Waals surface area contributed by atoms with E-state index < -0.39 is 0 Å². The van der Waals surface area contributed by atoms with Crippen LogP contribution in [-0.4, -0.2) is 49.2 Å². The highest BCUT2D eigenvalue weighted by Gasteiger charge is 2.25. The fourth-order valence-corrected chi connectivity index (χ4v) is 4.79. The van der Waals surface area contributed by atoms with Crippen LogP contribution in [-0.2, 0) is 17.6 Å². The summed E-state index contributed by atoms with van der Waals surface area (Å²) in [6.07, 6.45) is 4.94. The molecule has 178 valence electrons. The minimum absolute atomic E-state index is 0.0162. The highest BCUT2D eigenvalue weighted by atomic mass is 16.5. The molecule has 1 saturated heterocycles. The number of ether oxygens (including phenoxy) is 1. The maximum Gasteiger partial charge on any atom is 0.251 e. The Morgan fingerprint density at radius 3 is 1.88 bits per heavy atom. The lowest BCUT2D eigenvalue weighted by molar-refractivity contribution is 0.0105. The van der Waals surface area contributed by atoms with E-state index >= 15 is 0 Å². The smallest absolute Gasteiger partial charge is 0.251 e. The van der Waals surface area contributed by atoms with Gasteiger partial charge in [-0.1, -0.05) is 78.9 Å². The number of carbonyl (C=O) groups is 1. The third kappa shape index (κ3) is 7.54. The largest absolute Gasteiger partial charge is 0.379 e. The summed E-state index contributed by atoms with van der Waals surface area (Å²) >= 11 is 0. The lowest BCUT2D eigenvalue weighted by atomic mass is 9.94. The van der Waals surface area contributed by atoms with Crippen LogP contribution in [0.5, 0.6) is 0 Å². The number of aryl methyl sites for hydroxylation is 2. The van der Waals surface area contributed by atoms with Crippen molar-refractivity contribution in [2.24, 2.45) is 0 Å². The van der Waals surface area contributed by atoms with Gasteiger partial charge in [-0.25, -0.2) is 0 Å². The standard InChI is InChI=1S/C30H36N2O2/c33-30(27-14-8-3-9-15-27)31-28(18-16-25-10-4-1-5-11-25)24-29(32-20-22-34-23-21-32)19-17-26-12-6-2-7-13-26/h1-15,28-29H,16-24H2,(H,31,33)/t28-,29+/m1/s1. The lowest BCUT2D eigenvalue weighted by Crippen LogP contribution is -2.47. The molecule has 0 unspecified atom stereocenters. The summed E-state index contributed by atoms with van der Waals surface area (Å²) in [5.41, 5.74) is 3.41. The molecule has 0 radical (unpaired) electrons. The van der Waals surface area contributed by atoms with Gasteiger partial charge in [0.25, 0.3) is 5.91 Å². The second-order valence-corrected chi connectivity index (χ2v) is 9.12. The molecule has 2 atom stereocenters. The van der Waals surface area contributed by atoms with E-state index in [1.54, 1.807) is 0 Å². The van der Waals surface area contributed by atoms with Crippen LogP contribution in [0.1, 0.15) is 40.7 Å². The number of hydrogen-bond donors (Lipinski definition) is 1. The Kier molecular flexibility index (Phi) is 9.30. The van der Waals surface area contributed by atoms with Crippen molar-refractivity contribution in [3.8, 4) is 0 Å². The Bertz CT molecular complexity index is 972. The number of carbonyl (C=O) groups excluding carboxylic acids is 1. The molecular weight excluding hydrogens is 420 g/mol. The van der Waals surface area contributed by atoms with Crippen molar-refractivity contribution in [1.29, 1.82) is 0 Å². The van der Waals surface area contributed by atoms with E-state index in [4.69, 9.17) is 4.74 Å². The van der Waals surface area contributed by atoms with E-state index in [0.717, 1.165) is 64.0 Å². The zero-order chi connectivity index (χ0) is 23.4. The van der Waals surface area contributed by atoms with Crippen LogP contribution >= 0.6 is 0 Å². The van der Waals surface area contributed by atoms with Crippen molar-refractivity contribution in [3.05, 3.63) is 108 Å². The number of hydrogen-bond acceptors (Lipinski definition) is 3. The average Bonchev–Trinajstić information content (AvgIpc) is 2.91. The molecule has 1 fully saturated rings. The van der Waals surface area contributed by atoms with Gasteiger partial charge in [0.1, 0.15) is 0 Å². The summed E-state index contributed by atoms with van der Waals surface area (Å²) in [5.74, 6) is 0.0162. The monoisotopic (exact) mass is 456 g/mol. The molecule has 1 heterocycles. The van der Waals surface area contributed by atoms with Gasteiger partial charge in [0.05, 0.1) is 13.2 Å². The number of amides is 1. The molecule has 0 saturated carbocycles. The van der Waals surface area contributed by atoms with E-state index in [9.17, 15) is 4.79 Å². The minimum Gasteiger partial charge on any atom is -0.379 e. The van der Waals surface area contributed by atoms with Crippen LogP contribution in [0.3, 0.4) is 0 Å². The van der Waals surface area contributed by atoms with Gasteiger partial charge in [-0.05, 0) is 55.4 Å². The molecule has 4 heteroatoms. The molecule has 1 N–H and O–H groups in total.